The monoisotopic (exact) mass is 509 g/mol. The topological polar surface area (TPSA) is 129 Å². The standard InChI is InChI=1S/C20H21N5O.C7H6N4O/c1-13-9-14(7-8-15(13)10-21)20(26)25-12-16-11-22-24(2)19(16)23-17-5-3-4-6-18(17)25;12-7(10-3-1-8-5-10)11-4-2-9-6-11/h3-9,11,23H,10,12,21H2,1-2H3;1-6H. The fourth-order valence-corrected chi connectivity index (χ4v) is 4.23. The number of nitrogens with zero attached hydrogens (tertiary/aromatic N) is 7. The SMILES string of the molecule is Cc1cc(C(=O)N2Cc3cnn(C)c3Nc3ccccc32)ccc1CN.O=C(n1ccnc1)n1ccnc1. The number of nitrogens with two attached hydrogens (primary N) is 1. The normalized spacial score (nSPS) is 11.9. The average molecular weight is 510 g/mol. The average Bonchev–Trinajstić information content (AvgIpc) is 3.70. The number of rotatable bonds is 2. The van der Waals surface area contributed by atoms with E-state index in [1.54, 1.807) is 40.6 Å². The molecular formula is C27H27N9O2. The maximum atomic E-state index is 13.3. The highest BCUT2D eigenvalue weighted by atomic mass is 16.2. The molecule has 4 heterocycles. The van der Waals surface area contributed by atoms with Crippen LogP contribution in [0.5, 0.6) is 0 Å². The first-order valence-electron chi connectivity index (χ1n) is 11.9. The first-order valence-corrected chi connectivity index (χ1v) is 11.9. The first kappa shape index (κ1) is 24.7. The number of imidazole rings is 2. The van der Waals surface area contributed by atoms with Gasteiger partial charge in [-0.2, -0.15) is 5.10 Å². The van der Waals surface area contributed by atoms with Gasteiger partial charge in [0.25, 0.3) is 5.91 Å². The lowest BCUT2D eigenvalue weighted by molar-refractivity contribution is 0.0985. The molecule has 3 N–H and O–H groups in total. The second kappa shape index (κ2) is 10.5. The van der Waals surface area contributed by atoms with Crippen molar-refractivity contribution in [1.82, 2.24) is 28.9 Å². The summed E-state index contributed by atoms with van der Waals surface area (Å²) in [5.74, 6) is 0.866. The van der Waals surface area contributed by atoms with E-state index in [2.05, 4.69) is 20.4 Å². The van der Waals surface area contributed by atoms with Gasteiger partial charge in [0.15, 0.2) is 0 Å². The van der Waals surface area contributed by atoms with Gasteiger partial charge in [0, 0.05) is 49.5 Å². The quantitative estimate of drug-likeness (QED) is 0.371. The Balaban J connectivity index is 0.000000204. The molecule has 11 nitrogen and oxygen atoms in total. The molecule has 3 aromatic heterocycles. The molecule has 38 heavy (non-hydrogen) atoms. The third-order valence-corrected chi connectivity index (χ3v) is 6.30. The van der Waals surface area contributed by atoms with E-state index in [9.17, 15) is 9.59 Å². The third kappa shape index (κ3) is 4.82. The van der Waals surface area contributed by atoms with Crippen molar-refractivity contribution >= 4 is 29.1 Å². The van der Waals surface area contributed by atoms with E-state index >= 15 is 0 Å². The molecule has 1 aliphatic heterocycles. The highest BCUT2D eigenvalue weighted by Gasteiger charge is 2.26. The van der Waals surface area contributed by atoms with Crippen molar-refractivity contribution < 1.29 is 9.59 Å². The van der Waals surface area contributed by atoms with Crippen LogP contribution in [0.2, 0.25) is 0 Å². The summed E-state index contributed by atoms with van der Waals surface area (Å²) in [6.45, 7) is 2.91. The van der Waals surface area contributed by atoms with Gasteiger partial charge in [-0.3, -0.25) is 18.6 Å². The van der Waals surface area contributed by atoms with Gasteiger partial charge < -0.3 is 16.0 Å². The van der Waals surface area contributed by atoms with Crippen molar-refractivity contribution in [3.05, 3.63) is 108 Å². The molecule has 0 spiro atoms. The lowest BCUT2D eigenvalue weighted by Crippen LogP contribution is -2.30. The van der Waals surface area contributed by atoms with E-state index < -0.39 is 0 Å². The Morgan fingerprint density at radius 3 is 2.37 bits per heavy atom. The van der Waals surface area contributed by atoms with Crippen LogP contribution in [0.25, 0.3) is 0 Å². The zero-order valence-electron chi connectivity index (χ0n) is 21.0. The molecule has 0 atom stereocenters. The fraction of sp³-hybridized carbons (Fsp3) is 0.148. The predicted octanol–water partition coefficient (Wildman–Crippen LogP) is 3.69. The molecular weight excluding hydrogens is 482 g/mol. The molecule has 0 radical (unpaired) electrons. The third-order valence-electron chi connectivity index (χ3n) is 6.30. The summed E-state index contributed by atoms with van der Waals surface area (Å²) in [6, 6.07) is 13.3. The Labute approximate surface area is 219 Å². The minimum atomic E-state index is -0.190. The fourth-order valence-electron chi connectivity index (χ4n) is 4.23. The summed E-state index contributed by atoms with van der Waals surface area (Å²) in [7, 11) is 1.89. The number of anilines is 3. The van der Waals surface area contributed by atoms with Crippen LogP contribution in [-0.2, 0) is 20.1 Å². The predicted molar refractivity (Wildman–Crippen MR) is 143 cm³/mol. The summed E-state index contributed by atoms with van der Waals surface area (Å²) in [5.41, 5.74) is 11.2. The number of fused-ring (bicyclic) bond motifs is 2. The number of amides is 1. The van der Waals surface area contributed by atoms with Gasteiger partial charge in [-0.25, -0.2) is 14.8 Å². The molecule has 5 aromatic rings. The number of benzene rings is 2. The number of hydrogen-bond donors (Lipinski definition) is 2. The van der Waals surface area contributed by atoms with Gasteiger partial charge in [0.1, 0.15) is 18.5 Å². The Morgan fingerprint density at radius 2 is 1.74 bits per heavy atom. The van der Waals surface area contributed by atoms with Gasteiger partial charge in [-0.1, -0.05) is 18.2 Å². The number of carbonyl (C=O) groups excluding carboxylic acids is 2. The number of para-hydroxylation sites is 2. The van der Waals surface area contributed by atoms with Crippen LogP contribution in [0.3, 0.4) is 0 Å². The Kier molecular flexibility index (Phi) is 6.83. The van der Waals surface area contributed by atoms with E-state index in [-0.39, 0.29) is 11.9 Å². The molecule has 0 saturated heterocycles. The first-order chi connectivity index (χ1) is 18.5. The van der Waals surface area contributed by atoms with Crippen molar-refractivity contribution in [2.24, 2.45) is 12.8 Å². The number of carbonyl (C=O) groups is 2. The van der Waals surface area contributed by atoms with E-state index in [0.29, 0.717) is 18.7 Å². The molecule has 0 saturated carbocycles. The van der Waals surface area contributed by atoms with E-state index in [1.165, 1.54) is 21.8 Å². The molecule has 1 aliphatic rings. The highest BCUT2D eigenvalue weighted by molar-refractivity contribution is 6.08. The van der Waals surface area contributed by atoms with Crippen molar-refractivity contribution in [3.8, 4) is 0 Å². The number of aromatic nitrogens is 6. The molecule has 1 amide bonds. The van der Waals surface area contributed by atoms with Crippen molar-refractivity contribution in [2.45, 2.75) is 20.0 Å². The van der Waals surface area contributed by atoms with Crippen LogP contribution in [0.15, 0.2) is 86.1 Å². The number of aryl methyl sites for hydroxylation is 2. The maximum Gasteiger partial charge on any atom is 0.338 e. The van der Waals surface area contributed by atoms with Crippen LogP contribution in [0.4, 0.5) is 22.0 Å². The van der Waals surface area contributed by atoms with Crippen molar-refractivity contribution in [2.75, 3.05) is 10.2 Å². The van der Waals surface area contributed by atoms with E-state index in [0.717, 1.165) is 33.9 Å². The molecule has 192 valence electrons. The lowest BCUT2D eigenvalue weighted by atomic mass is 10.0. The van der Waals surface area contributed by atoms with Gasteiger partial charge in [0.2, 0.25) is 0 Å². The van der Waals surface area contributed by atoms with Crippen molar-refractivity contribution in [3.63, 3.8) is 0 Å². The smallest absolute Gasteiger partial charge is 0.338 e. The Morgan fingerprint density at radius 1 is 1.03 bits per heavy atom. The molecule has 2 aromatic carbocycles. The van der Waals surface area contributed by atoms with Crippen LogP contribution in [0.1, 0.15) is 27.0 Å². The lowest BCUT2D eigenvalue weighted by Gasteiger charge is -2.23. The number of hydrogen-bond acceptors (Lipinski definition) is 7. The summed E-state index contributed by atoms with van der Waals surface area (Å²) in [4.78, 5) is 34.1. The van der Waals surface area contributed by atoms with Gasteiger partial charge in [-0.05, 0) is 42.3 Å². The summed E-state index contributed by atoms with van der Waals surface area (Å²) < 4.78 is 4.55. The van der Waals surface area contributed by atoms with Crippen LogP contribution >= 0.6 is 0 Å². The Hall–Kier alpha value is -5.03. The molecule has 0 fully saturated rings. The minimum Gasteiger partial charge on any atom is -0.338 e. The minimum absolute atomic E-state index is 0.0392. The summed E-state index contributed by atoms with van der Waals surface area (Å²) >= 11 is 0. The van der Waals surface area contributed by atoms with Gasteiger partial charge in [0.05, 0.1) is 24.1 Å². The molecule has 0 bridgehead atoms. The summed E-state index contributed by atoms with van der Waals surface area (Å²) in [6.07, 6.45) is 11.0. The van der Waals surface area contributed by atoms with Crippen LogP contribution < -0.4 is 16.0 Å². The second-order valence-electron chi connectivity index (χ2n) is 8.74. The molecule has 11 heteroatoms. The molecule has 0 aliphatic carbocycles. The van der Waals surface area contributed by atoms with Crippen LogP contribution in [-0.4, -0.2) is 40.8 Å². The molecule has 6 rings (SSSR count). The van der Waals surface area contributed by atoms with Gasteiger partial charge >= 0.3 is 6.03 Å². The Bertz CT molecular complexity index is 1530. The zero-order chi connectivity index (χ0) is 26.6. The largest absolute Gasteiger partial charge is 0.338 e. The number of nitrogens with one attached hydrogen (secondary N) is 1. The maximum absolute atomic E-state index is 13.3. The van der Waals surface area contributed by atoms with E-state index in [1.807, 2.05) is 56.4 Å². The van der Waals surface area contributed by atoms with Crippen molar-refractivity contribution in [1.29, 1.82) is 0 Å². The van der Waals surface area contributed by atoms with Crippen LogP contribution in [0, 0.1) is 6.92 Å². The highest BCUT2D eigenvalue weighted by Crippen LogP contribution is 2.36. The summed E-state index contributed by atoms with van der Waals surface area (Å²) in [5, 5.41) is 7.73. The van der Waals surface area contributed by atoms with Gasteiger partial charge in [-0.15, -0.1) is 0 Å². The zero-order valence-corrected chi connectivity index (χ0v) is 21.0. The second-order valence-corrected chi connectivity index (χ2v) is 8.74. The van der Waals surface area contributed by atoms with E-state index in [4.69, 9.17) is 5.73 Å². The molecule has 0 unspecified atom stereocenters.